The van der Waals surface area contributed by atoms with Gasteiger partial charge in [-0.05, 0) is 32.4 Å². The zero-order valence-corrected chi connectivity index (χ0v) is 10.5. The highest BCUT2D eigenvalue weighted by atomic mass is 16.3. The summed E-state index contributed by atoms with van der Waals surface area (Å²) in [6.45, 7) is 3.50. The topological polar surface area (TPSA) is 45.5 Å². The van der Waals surface area contributed by atoms with E-state index in [1.807, 2.05) is 20.0 Å². The van der Waals surface area contributed by atoms with Gasteiger partial charge in [-0.1, -0.05) is 6.42 Å². The van der Waals surface area contributed by atoms with E-state index in [-0.39, 0.29) is 11.9 Å². The molecule has 1 N–H and O–H groups in total. The number of carbonyl (C=O) groups is 1. The number of hydrogen-bond acceptors (Lipinski definition) is 3. The molecular formula is C13H20N2O2. The molecule has 1 aromatic heterocycles. The van der Waals surface area contributed by atoms with E-state index in [1.54, 1.807) is 11.2 Å². The minimum absolute atomic E-state index is 0.000886. The maximum absolute atomic E-state index is 12.2. The van der Waals surface area contributed by atoms with Gasteiger partial charge in [-0.15, -0.1) is 0 Å². The Balaban J connectivity index is 1.93. The molecule has 2 rings (SSSR count). The largest absolute Gasteiger partial charge is 0.469 e. The maximum atomic E-state index is 12.2. The van der Waals surface area contributed by atoms with E-state index in [1.165, 1.54) is 6.42 Å². The van der Waals surface area contributed by atoms with Crippen LogP contribution in [-0.4, -0.2) is 30.4 Å². The molecule has 1 saturated heterocycles. The predicted octanol–water partition coefficient (Wildman–Crippen LogP) is 1.69. The lowest BCUT2D eigenvalue weighted by molar-refractivity contribution is -0.133. The number of amides is 1. The molecule has 1 aliphatic heterocycles. The summed E-state index contributed by atoms with van der Waals surface area (Å²) in [5.74, 6) is 1.08. The van der Waals surface area contributed by atoms with Crippen LogP contribution in [0.2, 0.25) is 0 Å². The second kappa shape index (κ2) is 5.36. The van der Waals surface area contributed by atoms with Gasteiger partial charge in [-0.25, -0.2) is 0 Å². The molecule has 0 bridgehead atoms. The minimum Gasteiger partial charge on any atom is -0.469 e. The van der Waals surface area contributed by atoms with Crippen LogP contribution in [0.1, 0.15) is 30.6 Å². The summed E-state index contributed by atoms with van der Waals surface area (Å²) in [4.78, 5) is 13.9. The fourth-order valence-electron chi connectivity index (χ4n) is 2.24. The van der Waals surface area contributed by atoms with Crippen LogP contribution in [0.3, 0.4) is 0 Å². The van der Waals surface area contributed by atoms with Crippen molar-refractivity contribution in [1.29, 1.82) is 0 Å². The third kappa shape index (κ3) is 2.88. The average molecular weight is 236 g/mol. The predicted molar refractivity (Wildman–Crippen MR) is 65.6 cm³/mol. The summed E-state index contributed by atoms with van der Waals surface area (Å²) in [5.41, 5.74) is 1.08. The van der Waals surface area contributed by atoms with Gasteiger partial charge >= 0.3 is 0 Å². The standard InChI is InChI=1S/C13H20N2O2/c1-10-11(6-8-17-10)9-15(2)13(16)12-5-3-4-7-14-12/h6,8,12,14H,3-5,7,9H2,1-2H3/t12-/m0/s1. The molecule has 94 valence electrons. The molecule has 1 fully saturated rings. The van der Waals surface area contributed by atoms with Crippen molar-refractivity contribution in [2.45, 2.75) is 38.8 Å². The SMILES string of the molecule is Cc1occc1CN(C)C(=O)[C@@H]1CCCCN1. The number of piperidine rings is 1. The van der Waals surface area contributed by atoms with Crippen LogP contribution in [0.25, 0.3) is 0 Å². The summed E-state index contributed by atoms with van der Waals surface area (Å²) in [6, 6.07) is 1.92. The molecule has 17 heavy (non-hydrogen) atoms. The molecule has 4 nitrogen and oxygen atoms in total. The van der Waals surface area contributed by atoms with Gasteiger partial charge in [0.25, 0.3) is 0 Å². The number of likely N-dealkylation sites (N-methyl/N-ethyl adjacent to an activating group) is 1. The second-order valence-corrected chi connectivity index (χ2v) is 4.70. The second-order valence-electron chi connectivity index (χ2n) is 4.70. The van der Waals surface area contributed by atoms with Gasteiger partial charge in [0, 0.05) is 19.2 Å². The highest BCUT2D eigenvalue weighted by Gasteiger charge is 2.23. The Bertz CT molecular complexity index is 381. The minimum atomic E-state index is 0.000886. The number of aryl methyl sites for hydroxylation is 1. The summed E-state index contributed by atoms with van der Waals surface area (Å²) in [6.07, 6.45) is 4.94. The van der Waals surface area contributed by atoms with Crippen LogP contribution >= 0.6 is 0 Å². The molecular weight excluding hydrogens is 216 g/mol. The number of nitrogens with zero attached hydrogens (tertiary/aromatic N) is 1. The third-order valence-electron chi connectivity index (χ3n) is 3.36. The molecule has 1 amide bonds. The number of carbonyl (C=O) groups excluding carboxylic acids is 1. The first-order valence-corrected chi connectivity index (χ1v) is 6.20. The maximum Gasteiger partial charge on any atom is 0.239 e. The number of hydrogen-bond donors (Lipinski definition) is 1. The highest BCUT2D eigenvalue weighted by Crippen LogP contribution is 2.14. The smallest absolute Gasteiger partial charge is 0.239 e. The van der Waals surface area contributed by atoms with E-state index in [9.17, 15) is 4.79 Å². The van der Waals surface area contributed by atoms with Gasteiger partial charge < -0.3 is 14.6 Å². The van der Waals surface area contributed by atoms with Crippen LogP contribution in [-0.2, 0) is 11.3 Å². The fraction of sp³-hybridized carbons (Fsp3) is 0.615. The van der Waals surface area contributed by atoms with Gasteiger partial charge in [-0.2, -0.15) is 0 Å². The van der Waals surface area contributed by atoms with Crippen molar-refractivity contribution < 1.29 is 9.21 Å². The Kier molecular flexibility index (Phi) is 3.84. The first-order chi connectivity index (χ1) is 8.18. The van der Waals surface area contributed by atoms with Crippen LogP contribution in [0.5, 0.6) is 0 Å². The monoisotopic (exact) mass is 236 g/mol. The van der Waals surface area contributed by atoms with Crippen molar-refractivity contribution in [3.63, 3.8) is 0 Å². The Morgan fingerprint density at radius 1 is 1.59 bits per heavy atom. The highest BCUT2D eigenvalue weighted by molar-refractivity contribution is 5.81. The molecule has 0 saturated carbocycles. The van der Waals surface area contributed by atoms with Gasteiger partial charge in [0.1, 0.15) is 5.76 Å². The lowest BCUT2D eigenvalue weighted by atomic mass is 10.0. The molecule has 0 aromatic carbocycles. The Hall–Kier alpha value is -1.29. The molecule has 0 radical (unpaired) electrons. The van der Waals surface area contributed by atoms with Crippen molar-refractivity contribution in [3.8, 4) is 0 Å². The first kappa shape index (κ1) is 12.2. The fourth-order valence-corrected chi connectivity index (χ4v) is 2.24. The summed E-state index contributed by atoms with van der Waals surface area (Å²) in [5, 5.41) is 3.28. The third-order valence-corrected chi connectivity index (χ3v) is 3.36. The van der Waals surface area contributed by atoms with E-state index in [2.05, 4.69) is 5.32 Å². The zero-order valence-electron chi connectivity index (χ0n) is 10.5. The molecule has 0 spiro atoms. The van der Waals surface area contributed by atoms with Crippen LogP contribution in [0, 0.1) is 6.92 Å². The molecule has 1 atom stereocenters. The van der Waals surface area contributed by atoms with Crippen molar-refractivity contribution in [2.75, 3.05) is 13.6 Å². The Morgan fingerprint density at radius 2 is 2.41 bits per heavy atom. The molecule has 1 aromatic rings. The van der Waals surface area contributed by atoms with Gasteiger partial charge in [-0.3, -0.25) is 4.79 Å². The molecule has 4 heteroatoms. The van der Waals surface area contributed by atoms with Crippen molar-refractivity contribution in [3.05, 3.63) is 23.7 Å². The average Bonchev–Trinajstić information content (AvgIpc) is 2.75. The van der Waals surface area contributed by atoms with E-state index in [0.29, 0.717) is 6.54 Å². The normalized spacial score (nSPS) is 20.2. The van der Waals surface area contributed by atoms with E-state index in [0.717, 1.165) is 30.7 Å². The molecule has 0 unspecified atom stereocenters. The molecule has 2 heterocycles. The zero-order chi connectivity index (χ0) is 12.3. The lowest BCUT2D eigenvalue weighted by Crippen LogP contribution is -2.47. The summed E-state index contributed by atoms with van der Waals surface area (Å²) in [7, 11) is 1.85. The summed E-state index contributed by atoms with van der Waals surface area (Å²) < 4.78 is 5.24. The van der Waals surface area contributed by atoms with Crippen LogP contribution < -0.4 is 5.32 Å². The number of furan rings is 1. The van der Waals surface area contributed by atoms with Crippen molar-refractivity contribution in [1.82, 2.24) is 10.2 Å². The quantitative estimate of drug-likeness (QED) is 0.868. The molecule has 1 aliphatic rings. The van der Waals surface area contributed by atoms with Gasteiger partial charge in [0.05, 0.1) is 12.3 Å². The molecule has 0 aliphatic carbocycles. The first-order valence-electron chi connectivity index (χ1n) is 6.20. The number of nitrogens with one attached hydrogen (secondary N) is 1. The van der Waals surface area contributed by atoms with Crippen molar-refractivity contribution in [2.24, 2.45) is 0 Å². The Labute approximate surface area is 102 Å². The van der Waals surface area contributed by atoms with Crippen LogP contribution in [0.15, 0.2) is 16.7 Å². The summed E-state index contributed by atoms with van der Waals surface area (Å²) >= 11 is 0. The lowest BCUT2D eigenvalue weighted by Gasteiger charge is -2.27. The number of rotatable bonds is 3. The Morgan fingerprint density at radius 3 is 3.00 bits per heavy atom. The van der Waals surface area contributed by atoms with E-state index < -0.39 is 0 Å². The van der Waals surface area contributed by atoms with Crippen molar-refractivity contribution >= 4 is 5.91 Å². The van der Waals surface area contributed by atoms with Gasteiger partial charge in [0.2, 0.25) is 5.91 Å². The van der Waals surface area contributed by atoms with E-state index in [4.69, 9.17) is 4.42 Å². The van der Waals surface area contributed by atoms with E-state index >= 15 is 0 Å². The van der Waals surface area contributed by atoms with Gasteiger partial charge in [0.15, 0.2) is 0 Å². The van der Waals surface area contributed by atoms with Crippen LogP contribution in [0.4, 0.5) is 0 Å².